The fourth-order valence-corrected chi connectivity index (χ4v) is 3.38. The van der Waals surface area contributed by atoms with E-state index in [4.69, 9.17) is 0 Å². The van der Waals surface area contributed by atoms with E-state index in [2.05, 4.69) is 0 Å². The van der Waals surface area contributed by atoms with Crippen LogP contribution in [0.5, 0.6) is 0 Å². The molecule has 0 unspecified atom stereocenters. The average molecular weight is 345 g/mol. The first-order chi connectivity index (χ1) is 12.6. The van der Waals surface area contributed by atoms with Crippen molar-refractivity contribution in [3.05, 3.63) is 72.4 Å². The third kappa shape index (κ3) is 2.49. The summed E-state index contributed by atoms with van der Waals surface area (Å²) >= 11 is 0. The first kappa shape index (κ1) is 16.1. The number of likely N-dealkylation sites (N-methyl/N-ethyl adjacent to an activating group) is 1. The second kappa shape index (κ2) is 6.19. The number of amides is 2. The van der Waals surface area contributed by atoms with Crippen molar-refractivity contribution < 1.29 is 9.59 Å². The Morgan fingerprint density at radius 2 is 1.50 bits per heavy atom. The van der Waals surface area contributed by atoms with Gasteiger partial charge in [0.2, 0.25) is 5.91 Å². The summed E-state index contributed by atoms with van der Waals surface area (Å²) in [6.45, 7) is 0.0399. The molecule has 5 nitrogen and oxygen atoms in total. The highest BCUT2D eigenvalue weighted by Gasteiger charge is 2.32. The lowest BCUT2D eigenvalue weighted by molar-refractivity contribution is -0.117. The Kier molecular flexibility index (Phi) is 3.84. The molecule has 0 radical (unpaired) electrons. The van der Waals surface area contributed by atoms with Crippen molar-refractivity contribution in [3.8, 4) is 11.3 Å². The normalized spacial score (nSPS) is 13.7. The maximum absolute atomic E-state index is 13.2. The molecule has 2 heterocycles. The predicted octanol–water partition coefficient (Wildman–Crippen LogP) is 3.32. The van der Waals surface area contributed by atoms with Crippen LogP contribution in [0.1, 0.15) is 10.5 Å². The van der Waals surface area contributed by atoms with E-state index in [1.54, 1.807) is 16.8 Å². The highest BCUT2D eigenvalue weighted by molar-refractivity contribution is 6.15. The second-order valence-corrected chi connectivity index (χ2v) is 6.36. The van der Waals surface area contributed by atoms with Crippen molar-refractivity contribution in [1.82, 2.24) is 4.57 Å². The molecule has 26 heavy (non-hydrogen) atoms. The van der Waals surface area contributed by atoms with Crippen LogP contribution in [0, 0.1) is 0 Å². The van der Waals surface area contributed by atoms with Gasteiger partial charge in [-0.2, -0.15) is 0 Å². The molecule has 0 saturated heterocycles. The fourth-order valence-electron chi connectivity index (χ4n) is 3.38. The summed E-state index contributed by atoms with van der Waals surface area (Å²) in [7, 11) is 3.61. The molecule has 1 aromatic heterocycles. The van der Waals surface area contributed by atoms with Gasteiger partial charge in [0.05, 0.1) is 11.4 Å². The zero-order valence-electron chi connectivity index (χ0n) is 14.7. The Morgan fingerprint density at radius 3 is 2.23 bits per heavy atom. The molecule has 3 aromatic rings. The van der Waals surface area contributed by atoms with Crippen LogP contribution in [0.4, 0.5) is 11.4 Å². The lowest BCUT2D eigenvalue weighted by Gasteiger charge is -2.34. The largest absolute Gasteiger partial charge is 0.340 e. The van der Waals surface area contributed by atoms with E-state index < -0.39 is 0 Å². The van der Waals surface area contributed by atoms with Crippen molar-refractivity contribution in [2.75, 3.05) is 23.4 Å². The summed E-state index contributed by atoms with van der Waals surface area (Å²) in [6, 6.07) is 21.2. The van der Waals surface area contributed by atoms with Gasteiger partial charge in [0.15, 0.2) is 0 Å². The number of anilines is 2. The summed E-state index contributed by atoms with van der Waals surface area (Å²) < 4.78 is 1.88. The SMILES string of the molecule is CN1C(=O)CN(C(=O)c2ccc(-c3ccccc3)n2C)c2ccccc21. The molecule has 0 saturated carbocycles. The monoisotopic (exact) mass is 345 g/mol. The van der Waals surface area contributed by atoms with Crippen molar-refractivity contribution in [1.29, 1.82) is 0 Å². The van der Waals surface area contributed by atoms with E-state index >= 15 is 0 Å². The van der Waals surface area contributed by atoms with E-state index in [1.807, 2.05) is 78.3 Å². The first-order valence-electron chi connectivity index (χ1n) is 8.46. The predicted molar refractivity (Wildman–Crippen MR) is 102 cm³/mol. The van der Waals surface area contributed by atoms with E-state index in [0.717, 1.165) is 22.6 Å². The summed E-state index contributed by atoms with van der Waals surface area (Å²) in [5, 5.41) is 0. The van der Waals surface area contributed by atoms with E-state index in [-0.39, 0.29) is 18.4 Å². The number of fused-ring (bicyclic) bond motifs is 1. The van der Waals surface area contributed by atoms with Crippen molar-refractivity contribution in [2.45, 2.75) is 0 Å². The van der Waals surface area contributed by atoms with Gasteiger partial charge < -0.3 is 9.47 Å². The van der Waals surface area contributed by atoms with Crippen LogP contribution in [0.15, 0.2) is 66.7 Å². The Labute approximate surface area is 152 Å². The van der Waals surface area contributed by atoms with Crippen LogP contribution in [0.3, 0.4) is 0 Å². The van der Waals surface area contributed by atoms with Crippen molar-refractivity contribution in [2.24, 2.45) is 7.05 Å². The smallest absolute Gasteiger partial charge is 0.275 e. The summed E-state index contributed by atoms with van der Waals surface area (Å²) in [5.74, 6) is -0.280. The number of hydrogen-bond donors (Lipinski definition) is 0. The van der Waals surface area contributed by atoms with Crippen LogP contribution in [0.25, 0.3) is 11.3 Å². The minimum atomic E-state index is -0.177. The van der Waals surface area contributed by atoms with E-state index in [9.17, 15) is 9.59 Å². The third-order valence-electron chi connectivity index (χ3n) is 4.86. The van der Waals surface area contributed by atoms with Crippen molar-refractivity contribution in [3.63, 3.8) is 0 Å². The molecule has 1 aliphatic heterocycles. The lowest BCUT2D eigenvalue weighted by atomic mass is 10.1. The number of aromatic nitrogens is 1. The molecule has 0 fully saturated rings. The Morgan fingerprint density at radius 1 is 0.846 bits per heavy atom. The van der Waals surface area contributed by atoms with Gasteiger partial charge in [0, 0.05) is 19.8 Å². The lowest BCUT2D eigenvalue weighted by Crippen LogP contribution is -2.47. The molecule has 0 atom stereocenters. The third-order valence-corrected chi connectivity index (χ3v) is 4.86. The molecule has 5 heteroatoms. The minimum Gasteiger partial charge on any atom is -0.340 e. The van der Waals surface area contributed by atoms with Gasteiger partial charge in [-0.1, -0.05) is 42.5 Å². The zero-order valence-corrected chi connectivity index (χ0v) is 14.7. The number of para-hydroxylation sites is 2. The zero-order chi connectivity index (χ0) is 18.3. The summed E-state index contributed by atoms with van der Waals surface area (Å²) in [6.07, 6.45) is 0. The molecule has 4 rings (SSSR count). The van der Waals surface area contributed by atoms with Gasteiger partial charge in [-0.3, -0.25) is 14.5 Å². The molecule has 130 valence electrons. The molecule has 0 spiro atoms. The summed E-state index contributed by atoms with van der Waals surface area (Å²) in [5.41, 5.74) is 4.05. The highest BCUT2D eigenvalue weighted by atomic mass is 16.2. The van der Waals surface area contributed by atoms with E-state index in [0.29, 0.717) is 5.69 Å². The number of nitrogens with zero attached hydrogens (tertiary/aromatic N) is 3. The maximum Gasteiger partial charge on any atom is 0.275 e. The molecular weight excluding hydrogens is 326 g/mol. The number of carbonyl (C=O) groups is 2. The van der Waals surface area contributed by atoms with Gasteiger partial charge in [0.25, 0.3) is 5.91 Å². The average Bonchev–Trinajstić information content (AvgIpc) is 3.06. The van der Waals surface area contributed by atoms with Crippen LogP contribution in [-0.4, -0.2) is 30.0 Å². The fraction of sp³-hybridized carbons (Fsp3) is 0.143. The second-order valence-electron chi connectivity index (χ2n) is 6.36. The van der Waals surface area contributed by atoms with Gasteiger partial charge in [-0.25, -0.2) is 0 Å². The Bertz CT molecular complexity index is 992. The molecule has 1 aliphatic rings. The number of rotatable bonds is 2. The molecule has 0 bridgehead atoms. The number of hydrogen-bond acceptors (Lipinski definition) is 2. The molecular formula is C21H19N3O2. The Hall–Kier alpha value is -3.34. The summed E-state index contributed by atoms with van der Waals surface area (Å²) in [4.78, 5) is 28.7. The van der Waals surface area contributed by atoms with Gasteiger partial charge >= 0.3 is 0 Å². The minimum absolute atomic E-state index is 0.0399. The molecule has 2 amide bonds. The van der Waals surface area contributed by atoms with Crippen LogP contribution < -0.4 is 9.80 Å². The van der Waals surface area contributed by atoms with Crippen LogP contribution in [0.2, 0.25) is 0 Å². The van der Waals surface area contributed by atoms with Crippen LogP contribution >= 0.6 is 0 Å². The van der Waals surface area contributed by atoms with Gasteiger partial charge in [0.1, 0.15) is 12.2 Å². The molecule has 0 aliphatic carbocycles. The topological polar surface area (TPSA) is 45.6 Å². The first-order valence-corrected chi connectivity index (χ1v) is 8.46. The van der Waals surface area contributed by atoms with Crippen molar-refractivity contribution >= 4 is 23.2 Å². The molecule has 0 N–H and O–H groups in total. The van der Waals surface area contributed by atoms with Gasteiger partial charge in [-0.05, 0) is 29.8 Å². The maximum atomic E-state index is 13.2. The molecule has 2 aromatic carbocycles. The Balaban J connectivity index is 1.74. The quantitative estimate of drug-likeness (QED) is 0.715. The highest BCUT2D eigenvalue weighted by Crippen LogP contribution is 2.33. The van der Waals surface area contributed by atoms with Gasteiger partial charge in [-0.15, -0.1) is 0 Å². The number of benzene rings is 2. The standard InChI is InChI=1S/C21H19N3O2/c1-22-16(15-8-4-3-5-9-15)12-13-19(22)21(26)24-14-20(25)23(2)17-10-6-7-11-18(17)24/h3-13H,14H2,1-2H3. The van der Waals surface area contributed by atoms with Crippen LogP contribution in [-0.2, 0) is 11.8 Å². The number of carbonyl (C=O) groups excluding carboxylic acids is 2. The van der Waals surface area contributed by atoms with E-state index in [1.165, 1.54) is 0 Å².